The van der Waals surface area contributed by atoms with Gasteiger partial charge in [-0.15, -0.1) is 11.3 Å². The molecule has 9 nitrogen and oxygen atoms in total. The number of imide groups is 1. The highest BCUT2D eigenvalue weighted by Gasteiger charge is 2.51. The number of hydrogen-bond acceptors (Lipinski definition) is 7. The van der Waals surface area contributed by atoms with Crippen molar-refractivity contribution in [2.75, 3.05) is 13.2 Å². The maximum atomic E-state index is 12.7. The Balaban J connectivity index is 1.44. The average Bonchev–Trinajstić information content (AvgIpc) is 3.27. The van der Waals surface area contributed by atoms with Crippen molar-refractivity contribution in [3.8, 4) is 0 Å². The molecule has 4 amide bonds. The fourth-order valence-electron chi connectivity index (χ4n) is 3.70. The van der Waals surface area contributed by atoms with Crippen LogP contribution < -0.4 is 10.6 Å². The molecule has 3 rings (SSSR count). The Morgan fingerprint density at radius 2 is 1.93 bits per heavy atom. The minimum atomic E-state index is -0.816. The van der Waals surface area contributed by atoms with Gasteiger partial charge in [0.15, 0.2) is 6.61 Å². The molecule has 2 fully saturated rings. The second kappa shape index (κ2) is 9.38. The summed E-state index contributed by atoms with van der Waals surface area (Å²) >= 11 is 1.22. The fraction of sp³-hybridized carbons (Fsp3) is 0.550. The molecule has 0 atom stereocenters. The van der Waals surface area contributed by atoms with Gasteiger partial charge in [0.2, 0.25) is 11.7 Å². The lowest BCUT2D eigenvalue weighted by molar-refractivity contribution is -0.143. The molecule has 2 aliphatic rings. The number of hydrogen-bond donors (Lipinski definition) is 2. The molecule has 0 radical (unpaired) electrons. The number of rotatable bonds is 8. The fourth-order valence-corrected chi connectivity index (χ4v) is 4.57. The number of urea groups is 1. The lowest BCUT2D eigenvalue weighted by Gasteiger charge is -2.30. The predicted octanol–water partition coefficient (Wildman–Crippen LogP) is 1.75. The minimum absolute atomic E-state index is 0.0701. The van der Waals surface area contributed by atoms with Crippen LogP contribution in [0, 0.1) is 0 Å². The topological polar surface area (TPSA) is 122 Å². The highest BCUT2D eigenvalue weighted by atomic mass is 32.1. The largest absolute Gasteiger partial charge is 0.457 e. The molecular formula is C20H25N3O6S. The Kier molecular flexibility index (Phi) is 6.86. The van der Waals surface area contributed by atoms with Crippen molar-refractivity contribution in [1.82, 2.24) is 15.5 Å². The number of nitrogens with zero attached hydrogens (tertiary/aromatic N) is 1. The summed E-state index contributed by atoms with van der Waals surface area (Å²) in [5.74, 6) is -1.44. The maximum Gasteiger partial charge on any atom is 0.325 e. The Hall–Kier alpha value is -2.75. The first-order chi connectivity index (χ1) is 14.3. The molecular weight excluding hydrogens is 410 g/mol. The van der Waals surface area contributed by atoms with Gasteiger partial charge in [0, 0.05) is 18.3 Å². The molecule has 1 aliphatic heterocycles. The van der Waals surface area contributed by atoms with Crippen LogP contribution in [0.2, 0.25) is 0 Å². The van der Waals surface area contributed by atoms with Gasteiger partial charge in [-0.2, -0.15) is 0 Å². The number of nitrogens with one attached hydrogen (secondary N) is 2. The van der Waals surface area contributed by atoms with Crippen LogP contribution in [-0.4, -0.2) is 53.2 Å². The van der Waals surface area contributed by atoms with Gasteiger partial charge in [0.05, 0.1) is 17.8 Å². The molecule has 1 saturated heterocycles. The van der Waals surface area contributed by atoms with E-state index >= 15 is 0 Å². The van der Waals surface area contributed by atoms with Gasteiger partial charge in [-0.3, -0.25) is 24.1 Å². The van der Waals surface area contributed by atoms with Gasteiger partial charge in [0.25, 0.3) is 5.91 Å². The molecule has 0 unspecified atom stereocenters. The van der Waals surface area contributed by atoms with E-state index in [1.54, 1.807) is 12.1 Å². The molecule has 0 aromatic carbocycles. The summed E-state index contributed by atoms with van der Waals surface area (Å²) in [6.07, 6.45) is 3.90. The van der Waals surface area contributed by atoms with Crippen LogP contribution >= 0.6 is 11.3 Å². The van der Waals surface area contributed by atoms with E-state index in [9.17, 15) is 24.0 Å². The van der Waals surface area contributed by atoms with E-state index in [2.05, 4.69) is 10.6 Å². The van der Waals surface area contributed by atoms with Crippen molar-refractivity contribution in [1.29, 1.82) is 0 Å². The molecule has 30 heavy (non-hydrogen) atoms. The number of esters is 1. The van der Waals surface area contributed by atoms with E-state index in [1.807, 2.05) is 0 Å². The summed E-state index contributed by atoms with van der Waals surface area (Å²) < 4.78 is 5.01. The molecule has 2 heterocycles. The number of amides is 4. The first-order valence-corrected chi connectivity index (χ1v) is 10.8. The molecule has 1 saturated carbocycles. The standard InChI is InChI=1S/C20H25N3O6S/c1-13(24)21-11-14-5-6-16(30-14)15(25)12-29-17(26)7-10-23-18(27)20(22-19(23)28)8-3-2-4-9-20/h5-6H,2-4,7-12H2,1H3,(H,21,24)(H,22,28). The maximum absolute atomic E-state index is 12.7. The summed E-state index contributed by atoms with van der Waals surface area (Å²) in [5, 5.41) is 5.44. The lowest BCUT2D eigenvalue weighted by Crippen LogP contribution is -2.48. The van der Waals surface area contributed by atoms with Crippen LogP contribution in [0.3, 0.4) is 0 Å². The SMILES string of the molecule is CC(=O)NCc1ccc(C(=O)COC(=O)CCN2C(=O)NC3(CCCCC3)C2=O)s1. The predicted molar refractivity (Wildman–Crippen MR) is 108 cm³/mol. The highest BCUT2D eigenvalue weighted by molar-refractivity contribution is 7.14. The number of ketones is 1. The lowest BCUT2D eigenvalue weighted by atomic mass is 9.82. The average molecular weight is 436 g/mol. The van der Waals surface area contributed by atoms with E-state index in [4.69, 9.17) is 4.74 Å². The van der Waals surface area contributed by atoms with Crippen molar-refractivity contribution in [2.45, 2.75) is 57.5 Å². The van der Waals surface area contributed by atoms with E-state index in [0.29, 0.717) is 24.3 Å². The van der Waals surface area contributed by atoms with Gasteiger partial charge in [-0.1, -0.05) is 19.3 Å². The molecule has 0 bridgehead atoms. The van der Waals surface area contributed by atoms with E-state index in [1.165, 1.54) is 18.3 Å². The monoisotopic (exact) mass is 435 g/mol. The van der Waals surface area contributed by atoms with Crippen molar-refractivity contribution in [3.05, 3.63) is 21.9 Å². The van der Waals surface area contributed by atoms with Gasteiger partial charge in [-0.05, 0) is 25.0 Å². The number of carbonyl (C=O) groups is 5. The van der Waals surface area contributed by atoms with Crippen LogP contribution in [0.5, 0.6) is 0 Å². The quantitative estimate of drug-likeness (QED) is 0.364. The zero-order valence-electron chi connectivity index (χ0n) is 16.8. The summed E-state index contributed by atoms with van der Waals surface area (Å²) in [5.41, 5.74) is -0.816. The summed E-state index contributed by atoms with van der Waals surface area (Å²) in [4.78, 5) is 62.3. The summed E-state index contributed by atoms with van der Waals surface area (Å²) in [6.45, 7) is 1.26. The minimum Gasteiger partial charge on any atom is -0.457 e. The first kappa shape index (κ1) is 21.9. The molecule has 1 aliphatic carbocycles. The first-order valence-electron chi connectivity index (χ1n) is 9.97. The molecule has 1 aromatic rings. The van der Waals surface area contributed by atoms with E-state index in [0.717, 1.165) is 29.0 Å². The van der Waals surface area contributed by atoms with Gasteiger partial charge in [0.1, 0.15) is 5.54 Å². The van der Waals surface area contributed by atoms with Crippen LogP contribution in [-0.2, 0) is 25.7 Å². The Bertz CT molecular complexity index is 858. The van der Waals surface area contributed by atoms with Gasteiger partial charge >= 0.3 is 12.0 Å². The van der Waals surface area contributed by atoms with Crippen molar-refractivity contribution < 1.29 is 28.7 Å². The third-order valence-electron chi connectivity index (χ3n) is 5.30. The van der Waals surface area contributed by atoms with Gasteiger partial charge < -0.3 is 15.4 Å². The summed E-state index contributed by atoms with van der Waals surface area (Å²) in [6, 6.07) is 2.87. The molecule has 1 aromatic heterocycles. The van der Waals surface area contributed by atoms with Crippen LogP contribution in [0.1, 0.15) is 60.0 Å². The Labute approximate surface area is 178 Å². The van der Waals surface area contributed by atoms with Crippen LogP contribution in [0.25, 0.3) is 0 Å². The zero-order valence-corrected chi connectivity index (χ0v) is 17.6. The van der Waals surface area contributed by atoms with Crippen LogP contribution in [0.4, 0.5) is 4.79 Å². The molecule has 162 valence electrons. The third-order valence-corrected chi connectivity index (χ3v) is 6.43. The van der Waals surface area contributed by atoms with Gasteiger partial charge in [-0.25, -0.2) is 4.79 Å². The smallest absolute Gasteiger partial charge is 0.325 e. The molecule has 2 N–H and O–H groups in total. The highest BCUT2D eigenvalue weighted by Crippen LogP contribution is 2.33. The Morgan fingerprint density at radius 3 is 2.63 bits per heavy atom. The molecule has 1 spiro atoms. The molecule has 10 heteroatoms. The van der Waals surface area contributed by atoms with Crippen molar-refractivity contribution in [2.24, 2.45) is 0 Å². The van der Waals surface area contributed by atoms with E-state index < -0.39 is 24.1 Å². The number of carbonyl (C=O) groups excluding carboxylic acids is 5. The Morgan fingerprint density at radius 1 is 1.20 bits per heavy atom. The second-order valence-electron chi connectivity index (χ2n) is 7.54. The zero-order chi connectivity index (χ0) is 21.7. The number of ether oxygens (including phenoxy) is 1. The van der Waals surface area contributed by atoms with Crippen molar-refractivity contribution >= 4 is 40.9 Å². The van der Waals surface area contributed by atoms with E-state index in [-0.39, 0.29) is 30.6 Å². The third kappa shape index (κ3) is 5.05. The summed E-state index contributed by atoms with van der Waals surface area (Å²) in [7, 11) is 0. The number of thiophene rings is 1. The number of Topliss-reactive ketones (excluding diaryl/α,β-unsaturated/α-hetero) is 1. The normalized spacial score (nSPS) is 17.7. The van der Waals surface area contributed by atoms with Crippen molar-refractivity contribution in [3.63, 3.8) is 0 Å². The van der Waals surface area contributed by atoms with Crippen LogP contribution in [0.15, 0.2) is 12.1 Å². The second-order valence-corrected chi connectivity index (χ2v) is 8.71.